The van der Waals surface area contributed by atoms with Gasteiger partial charge in [-0.25, -0.2) is 0 Å². The molecule has 2 atom stereocenters. The molecule has 1 aliphatic heterocycles. The Morgan fingerprint density at radius 2 is 2.12 bits per heavy atom. The first-order valence-electron chi connectivity index (χ1n) is 5.64. The van der Waals surface area contributed by atoms with E-state index in [1.54, 1.807) is 0 Å². The number of nitrogens with two attached hydrogens (primary N) is 1. The molecule has 1 aromatic heterocycles. The minimum atomic E-state index is 0.220. The number of nitrogen functional groups attached to an aromatic ring is 1. The molecule has 2 rings (SSSR count). The summed E-state index contributed by atoms with van der Waals surface area (Å²) in [5.74, 6) is 1.45. The molecule has 2 N–H and O–H groups in total. The van der Waals surface area contributed by atoms with Crippen LogP contribution in [-0.2, 0) is 0 Å². The zero-order valence-corrected chi connectivity index (χ0v) is 12.2. The van der Waals surface area contributed by atoms with E-state index in [4.69, 9.17) is 5.73 Å². The Kier molecular flexibility index (Phi) is 3.38. The van der Waals surface area contributed by atoms with E-state index in [-0.39, 0.29) is 15.8 Å². The standard InChI is InChI=1S/C11H19AsN4/c1-7-8(2)14-11(13)15-10(7)16-5-4-9(6-16)12-3/h9,12H,4-6H2,1-3H3,(H2,13,14,15)/t9-/m1/s1. The van der Waals surface area contributed by atoms with Gasteiger partial charge in [-0.1, -0.05) is 0 Å². The average Bonchev–Trinajstić information content (AvgIpc) is 2.71. The number of hydrogen-bond donors (Lipinski definition) is 1. The van der Waals surface area contributed by atoms with Crippen molar-refractivity contribution in [3.05, 3.63) is 11.3 Å². The molecule has 0 radical (unpaired) electrons. The summed E-state index contributed by atoms with van der Waals surface area (Å²) in [6.07, 6.45) is 1.32. The molecule has 2 heterocycles. The van der Waals surface area contributed by atoms with Crippen LogP contribution in [0.3, 0.4) is 0 Å². The molecule has 0 spiro atoms. The van der Waals surface area contributed by atoms with E-state index in [0.29, 0.717) is 5.95 Å². The Bertz CT molecular complexity index is 394. The quantitative estimate of drug-likeness (QED) is 0.827. The van der Waals surface area contributed by atoms with Gasteiger partial charge in [-0.15, -0.1) is 0 Å². The van der Waals surface area contributed by atoms with Gasteiger partial charge >= 0.3 is 103 Å². The number of anilines is 2. The van der Waals surface area contributed by atoms with Crippen LogP contribution in [0.2, 0.25) is 10.4 Å². The summed E-state index contributed by atoms with van der Waals surface area (Å²) in [7, 11) is 0. The first kappa shape index (κ1) is 11.7. The maximum absolute atomic E-state index is 5.72. The van der Waals surface area contributed by atoms with Crippen molar-refractivity contribution in [3.8, 4) is 0 Å². The minimum absolute atomic E-state index is 0.220. The summed E-state index contributed by atoms with van der Waals surface area (Å²) in [6, 6.07) is 0. The number of nitrogens with zero attached hydrogens (tertiary/aromatic N) is 3. The van der Waals surface area contributed by atoms with Gasteiger partial charge in [0.1, 0.15) is 0 Å². The molecule has 5 heteroatoms. The van der Waals surface area contributed by atoms with E-state index in [2.05, 4.69) is 27.5 Å². The van der Waals surface area contributed by atoms with Crippen molar-refractivity contribution in [1.82, 2.24) is 9.97 Å². The molecule has 1 aromatic rings. The summed E-state index contributed by atoms with van der Waals surface area (Å²) in [4.78, 5) is 11.0. The fourth-order valence-corrected chi connectivity index (χ4v) is 3.85. The van der Waals surface area contributed by atoms with Crippen LogP contribution >= 0.6 is 0 Å². The SMILES string of the molecule is C[AsH][C@@H]1CCN(c2nc(N)nc(C)c2C)C1. The van der Waals surface area contributed by atoms with E-state index in [1.807, 2.05) is 6.92 Å². The molecule has 1 fully saturated rings. The van der Waals surface area contributed by atoms with Gasteiger partial charge in [0.15, 0.2) is 0 Å². The summed E-state index contributed by atoms with van der Waals surface area (Å²) in [5.41, 5.74) is 10.3. The van der Waals surface area contributed by atoms with Crippen LogP contribution in [0.15, 0.2) is 0 Å². The van der Waals surface area contributed by atoms with Gasteiger partial charge in [0.2, 0.25) is 0 Å². The molecule has 88 valence electrons. The third kappa shape index (κ3) is 2.17. The number of aromatic nitrogens is 2. The van der Waals surface area contributed by atoms with Crippen LogP contribution in [0.25, 0.3) is 0 Å². The molecular formula is C11H19AsN4. The van der Waals surface area contributed by atoms with E-state index in [9.17, 15) is 0 Å². The van der Waals surface area contributed by atoms with Crippen molar-refractivity contribution in [3.63, 3.8) is 0 Å². The first-order chi connectivity index (χ1) is 7.61. The topological polar surface area (TPSA) is 55.0 Å². The summed E-state index contributed by atoms with van der Waals surface area (Å²) >= 11 is 0.220. The van der Waals surface area contributed by atoms with E-state index in [1.165, 1.54) is 12.0 Å². The molecule has 0 aliphatic carbocycles. The Morgan fingerprint density at radius 1 is 1.38 bits per heavy atom. The summed E-state index contributed by atoms with van der Waals surface area (Å²) in [6.45, 7) is 6.36. The zero-order chi connectivity index (χ0) is 11.7. The van der Waals surface area contributed by atoms with Gasteiger partial charge in [0.25, 0.3) is 0 Å². The molecular weight excluding hydrogens is 263 g/mol. The fraction of sp³-hybridized carbons (Fsp3) is 0.636. The second-order valence-electron chi connectivity index (χ2n) is 4.34. The molecule has 0 bridgehead atoms. The van der Waals surface area contributed by atoms with E-state index in [0.717, 1.165) is 29.3 Å². The summed E-state index contributed by atoms with van der Waals surface area (Å²) < 4.78 is 0.927. The van der Waals surface area contributed by atoms with Crippen molar-refractivity contribution in [2.75, 3.05) is 23.7 Å². The number of rotatable bonds is 2. The Morgan fingerprint density at radius 3 is 2.75 bits per heavy atom. The number of aryl methyl sites for hydroxylation is 1. The van der Waals surface area contributed by atoms with Crippen molar-refractivity contribution < 1.29 is 0 Å². The second kappa shape index (κ2) is 4.62. The van der Waals surface area contributed by atoms with Crippen molar-refractivity contribution in [1.29, 1.82) is 0 Å². The Hall–Kier alpha value is -0.762. The molecule has 0 saturated carbocycles. The number of hydrogen-bond acceptors (Lipinski definition) is 4. The Labute approximate surface area is 103 Å². The molecule has 1 aliphatic rings. The monoisotopic (exact) mass is 282 g/mol. The van der Waals surface area contributed by atoms with Crippen LogP contribution in [0.1, 0.15) is 17.7 Å². The summed E-state index contributed by atoms with van der Waals surface area (Å²) in [5, 5.41) is 0. The molecule has 4 nitrogen and oxygen atoms in total. The van der Waals surface area contributed by atoms with Crippen LogP contribution in [0, 0.1) is 13.8 Å². The third-order valence-electron chi connectivity index (χ3n) is 3.28. The van der Waals surface area contributed by atoms with Gasteiger partial charge in [-0.2, -0.15) is 0 Å². The van der Waals surface area contributed by atoms with Crippen LogP contribution in [0.4, 0.5) is 11.8 Å². The third-order valence-corrected chi connectivity index (χ3v) is 5.98. The van der Waals surface area contributed by atoms with Crippen LogP contribution in [0.5, 0.6) is 0 Å². The normalized spacial score (nSPS) is 21.2. The van der Waals surface area contributed by atoms with E-state index < -0.39 is 0 Å². The molecule has 1 saturated heterocycles. The fourth-order valence-electron chi connectivity index (χ4n) is 2.13. The van der Waals surface area contributed by atoms with Crippen LogP contribution in [-0.4, -0.2) is 38.8 Å². The molecule has 1 unspecified atom stereocenters. The zero-order valence-electron chi connectivity index (χ0n) is 10.1. The van der Waals surface area contributed by atoms with Crippen molar-refractivity contribution in [2.24, 2.45) is 0 Å². The predicted molar refractivity (Wildman–Crippen MR) is 69.5 cm³/mol. The first-order valence-corrected chi connectivity index (χ1v) is 8.95. The molecule has 16 heavy (non-hydrogen) atoms. The van der Waals surface area contributed by atoms with Gasteiger partial charge in [0.05, 0.1) is 0 Å². The van der Waals surface area contributed by atoms with E-state index >= 15 is 0 Å². The maximum atomic E-state index is 5.72. The van der Waals surface area contributed by atoms with Gasteiger partial charge < -0.3 is 0 Å². The molecule has 0 amide bonds. The van der Waals surface area contributed by atoms with Crippen molar-refractivity contribution >= 4 is 27.5 Å². The van der Waals surface area contributed by atoms with Gasteiger partial charge in [-0.05, 0) is 0 Å². The second-order valence-corrected chi connectivity index (χ2v) is 7.26. The van der Waals surface area contributed by atoms with Gasteiger partial charge in [-0.3, -0.25) is 0 Å². The predicted octanol–water partition coefficient (Wildman–Crippen LogP) is 1.16. The van der Waals surface area contributed by atoms with Crippen molar-refractivity contribution in [2.45, 2.75) is 30.7 Å². The van der Waals surface area contributed by atoms with Gasteiger partial charge in [0, 0.05) is 0 Å². The van der Waals surface area contributed by atoms with Crippen LogP contribution < -0.4 is 10.6 Å². The molecule has 0 aromatic carbocycles. The average molecular weight is 282 g/mol. The Balaban J connectivity index is 2.27.